The van der Waals surface area contributed by atoms with Crippen molar-refractivity contribution in [2.45, 2.75) is 33.4 Å². The average Bonchev–Trinajstić information content (AvgIpc) is 2.40. The number of carbonyl (C=O) groups excluding carboxylic acids is 1. The van der Waals surface area contributed by atoms with Gasteiger partial charge in [-0.3, -0.25) is 0 Å². The highest BCUT2D eigenvalue weighted by Crippen LogP contribution is 2.23. The van der Waals surface area contributed by atoms with Crippen molar-refractivity contribution >= 4 is 21.9 Å². The summed E-state index contributed by atoms with van der Waals surface area (Å²) in [5.74, 6) is 0.882. The molecule has 4 nitrogen and oxygen atoms in total. The van der Waals surface area contributed by atoms with Gasteiger partial charge in [0.05, 0.1) is 7.11 Å². The minimum absolute atomic E-state index is 0.382. The van der Waals surface area contributed by atoms with Gasteiger partial charge in [-0.2, -0.15) is 0 Å². The topological polar surface area (TPSA) is 47.6 Å². The standard InChI is InChI=1S/C15H22BrNO3/c1-10(2)8-17-9-12-7-13(5-6-14(12)16)20-11(3)15(18)19-4/h5-7,10-11,17H,8-9H2,1-4H3. The molecule has 0 aromatic heterocycles. The van der Waals surface area contributed by atoms with Crippen molar-refractivity contribution in [3.05, 3.63) is 28.2 Å². The molecular weight excluding hydrogens is 322 g/mol. The van der Waals surface area contributed by atoms with Crippen molar-refractivity contribution in [1.82, 2.24) is 5.32 Å². The first kappa shape index (κ1) is 17.0. The lowest BCUT2D eigenvalue weighted by atomic mass is 10.2. The van der Waals surface area contributed by atoms with Gasteiger partial charge < -0.3 is 14.8 Å². The summed E-state index contributed by atoms with van der Waals surface area (Å²) in [6.07, 6.45) is -0.613. The zero-order chi connectivity index (χ0) is 15.1. The van der Waals surface area contributed by atoms with Crippen LogP contribution in [0.4, 0.5) is 0 Å². The van der Waals surface area contributed by atoms with Crippen LogP contribution in [0.25, 0.3) is 0 Å². The molecule has 1 aromatic rings. The van der Waals surface area contributed by atoms with Gasteiger partial charge >= 0.3 is 5.97 Å². The van der Waals surface area contributed by atoms with Crippen molar-refractivity contribution in [2.75, 3.05) is 13.7 Å². The van der Waals surface area contributed by atoms with E-state index in [4.69, 9.17) is 4.74 Å². The monoisotopic (exact) mass is 343 g/mol. The van der Waals surface area contributed by atoms with E-state index >= 15 is 0 Å². The molecule has 0 bridgehead atoms. The molecule has 0 saturated heterocycles. The molecule has 0 fully saturated rings. The van der Waals surface area contributed by atoms with E-state index in [1.807, 2.05) is 18.2 Å². The van der Waals surface area contributed by atoms with E-state index in [0.717, 1.165) is 23.1 Å². The van der Waals surface area contributed by atoms with Crippen LogP contribution in [0, 0.1) is 5.92 Å². The third kappa shape index (κ3) is 5.51. The van der Waals surface area contributed by atoms with Crippen LogP contribution in [-0.2, 0) is 16.1 Å². The van der Waals surface area contributed by atoms with Crippen LogP contribution in [0.2, 0.25) is 0 Å². The number of hydrogen-bond acceptors (Lipinski definition) is 4. The molecule has 1 rings (SSSR count). The number of benzene rings is 1. The smallest absolute Gasteiger partial charge is 0.346 e. The lowest BCUT2D eigenvalue weighted by molar-refractivity contribution is -0.147. The van der Waals surface area contributed by atoms with Crippen LogP contribution >= 0.6 is 15.9 Å². The highest BCUT2D eigenvalue weighted by molar-refractivity contribution is 9.10. The number of carbonyl (C=O) groups is 1. The number of halogens is 1. The number of nitrogens with one attached hydrogen (secondary N) is 1. The van der Waals surface area contributed by atoms with E-state index in [-0.39, 0.29) is 5.97 Å². The second kappa shape index (κ2) is 8.27. The molecule has 1 aromatic carbocycles. The summed E-state index contributed by atoms with van der Waals surface area (Å²) in [6.45, 7) is 7.71. The van der Waals surface area contributed by atoms with Gasteiger partial charge in [-0.05, 0) is 43.1 Å². The molecule has 0 aliphatic heterocycles. The van der Waals surface area contributed by atoms with Gasteiger partial charge in [-0.15, -0.1) is 0 Å². The van der Waals surface area contributed by atoms with Gasteiger partial charge in [-0.25, -0.2) is 4.79 Å². The Labute approximate surface area is 129 Å². The van der Waals surface area contributed by atoms with Gasteiger partial charge in [0, 0.05) is 11.0 Å². The normalized spacial score (nSPS) is 12.3. The molecule has 0 aliphatic rings. The van der Waals surface area contributed by atoms with Crippen molar-refractivity contribution in [3.8, 4) is 5.75 Å². The molecule has 20 heavy (non-hydrogen) atoms. The van der Waals surface area contributed by atoms with Gasteiger partial charge in [0.15, 0.2) is 6.10 Å². The molecule has 1 N–H and O–H groups in total. The summed E-state index contributed by atoms with van der Waals surface area (Å²) < 4.78 is 11.2. The zero-order valence-corrected chi connectivity index (χ0v) is 14.0. The Bertz CT molecular complexity index is 449. The second-order valence-corrected chi connectivity index (χ2v) is 5.92. The summed E-state index contributed by atoms with van der Waals surface area (Å²) >= 11 is 3.52. The Morgan fingerprint density at radius 2 is 2.05 bits per heavy atom. The van der Waals surface area contributed by atoms with Crippen LogP contribution in [0.3, 0.4) is 0 Å². The van der Waals surface area contributed by atoms with Crippen LogP contribution in [0.15, 0.2) is 22.7 Å². The molecule has 112 valence electrons. The fraction of sp³-hybridized carbons (Fsp3) is 0.533. The van der Waals surface area contributed by atoms with Crippen molar-refractivity contribution in [1.29, 1.82) is 0 Å². The molecule has 0 spiro atoms. The van der Waals surface area contributed by atoms with Gasteiger partial charge in [-0.1, -0.05) is 29.8 Å². The number of ether oxygens (including phenoxy) is 2. The predicted octanol–water partition coefficient (Wildman–Crippen LogP) is 3.14. The van der Waals surface area contributed by atoms with Gasteiger partial charge in [0.25, 0.3) is 0 Å². The highest BCUT2D eigenvalue weighted by atomic mass is 79.9. The lowest BCUT2D eigenvalue weighted by Gasteiger charge is -2.14. The quantitative estimate of drug-likeness (QED) is 0.772. The minimum atomic E-state index is -0.613. The number of hydrogen-bond donors (Lipinski definition) is 1. The fourth-order valence-corrected chi connectivity index (χ4v) is 2.06. The van der Waals surface area contributed by atoms with E-state index in [0.29, 0.717) is 11.7 Å². The average molecular weight is 344 g/mol. The Balaban J connectivity index is 2.68. The van der Waals surface area contributed by atoms with Gasteiger partial charge in [0.2, 0.25) is 0 Å². The summed E-state index contributed by atoms with van der Waals surface area (Å²) in [6, 6.07) is 5.68. The third-order valence-corrected chi connectivity index (χ3v) is 3.50. The first-order chi connectivity index (χ1) is 9.43. The predicted molar refractivity (Wildman–Crippen MR) is 82.8 cm³/mol. The van der Waals surface area contributed by atoms with E-state index in [2.05, 4.69) is 39.8 Å². The molecule has 1 atom stereocenters. The molecule has 0 radical (unpaired) electrons. The van der Waals surface area contributed by atoms with E-state index in [9.17, 15) is 4.79 Å². The maximum absolute atomic E-state index is 11.3. The zero-order valence-electron chi connectivity index (χ0n) is 12.4. The second-order valence-electron chi connectivity index (χ2n) is 5.06. The van der Waals surface area contributed by atoms with Crippen LogP contribution in [0.1, 0.15) is 26.3 Å². The first-order valence-corrected chi connectivity index (χ1v) is 7.47. The molecular formula is C15H22BrNO3. The summed E-state index contributed by atoms with van der Waals surface area (Å²) in [5, 5.41) is 3.38. The molecule has 0 heterocycles. The van der Waals surface area contributed by atoms with E-state index < -0.39 is 6.10 Å². The molecule has 0 amide bonds. The minimum Gasteiger partial charge on any atom is -0.479 e. The maximum atomic E-state index is 11.3. The SMILES string of the molecule is COC(=O)C(C)Oc1ccc(Br)c(CNCC(C)C)c1. The largest absolute Gasteiger partial charge is 0.479 e. The molecule has 1 unspecified atom stereocenters. The molecule has 0 saturated carbocycles. The lowest BCUT2D eigenvalue weighted by Crippen LogP contribution is -2.25. The van der Waals surface area contributed by atoms with Crippen molar-refractivity contribution in [3.63, 3.8) is 0 Å². The van der Waals surface area contributed by atoms with E-state index in [1.165, 1.54) is 7.11 Å². The third-order valence-electron chi connectivity index (χ3n) is 2.73. The fourth-order valence-electron chi connectivity index (χ4n) is 1.67. The summed E-state index contributed by atoms with van der Waals surface area (Å²) in [4.78, 5) is 11.3. The first-order valence-electron chi connectivity index (χ1n) is 6.67. The van der Waals surface area contributed by atoms with Crippen molar-refractivity contribution in [2.24, 2.45) is 5.92 Å². The van der Waals surface area contributed by atoms with E-state index in [1.54, 1.807) is 6.92 Å². The maximum Gasteiger partial charge on any atom is 0.346 e. The Morgan fingerprint density at radius 3 is 2.65 bits per heavy atom. The molecule has 0 aliphatic carbocycles. The van der Waals surface area contributed by atoms with Crippen LogP contribution in [-0.4, -0.2) is 25.7 Å². The number of rotatable bonds is 7. The highest BCUT2D eigenvalue weighted by Gasteiger charge is 2.15. The van der Waals surface area contributed by atoms with Crippen molar-refractivity contribution < 1.29 is 14.3 Å². The van der Waals surface area contributed by atoms with Gasteiger partial charge in [0.1, 0.15) is 5.75 Å². The Kier molecular flexibility index (Phi) is 7.02. The summed E-state index contributed by atoms with van der Waals surface area (Å²) in [5.41, 5.74) is 1.10. The number of methoxy groups -OCH3 is 1. The summed E-state index contributed by atoms with van der Waals surface area (Å²) in [7, 11) is 1.35. The van der Waals surface area contributed by atoms with Crippen LogP contribution in [0.5, 0.6) is 5.75 Å². The Hall–Kier alpha value is -1.07. The number of esters is 1. The van der Waals surface area contributed by atoms with Crippen LogP contribution < -0.4 is 10.1 Å². The molecule has 5 heteroatoms. The Morgan fingerprint density at radius 1 is 1.35 bits per heavy atom.